The minimum Gasteiger partial charge on any atom is -0.482 e. The van der Waals surface area contributed by atoms with Crippen LogP contribution in [-0.4, -0.2) is 50.4 Å². The van der Waals surface area contributed by atoms with E-state index in [-0.39, 0.29) is 24.0 Å². The summed E-state index contributed by atoms with van der Waals surface area (Å²) in [5, 5.41) is 2.79. The fourth-order valence-electron chi connectivity index (χ4n) is 3.35. The van der Waals surface area contributed by atoms with E-state index in [1.165, 1.54) is 0 Å². The summed E-state index contributed by atoms with van der Waals surface area (Å²) in [6, 6.07) is 11.6. The Balaban J connectivity index is 1.51. The normalized spacial score (nSPS) is 19.0. The Labute approximate surface area is 158 Å². The molecule has 2 aromatic rings. The molecular formula is C19H21N3O4S. The number of fused-ring (bicyclic) bond motifs is 1. The lowest BCUT2D eigenvalue weighted by molar-refractivity contribution is -0.118. The number of amides is 1. The smallest absolute Gasteiger partial charge is 0.262 e. The molecule has 0 radical (unpaired) electrons. The number of anilines is 2. The zero-order chi connectivity index (χ0) is 19.0. The Morgan fingerprint density at radius 2 is 1.81 bits per heavy atom. The molecule has 0 atom stereocenters. The number of rotatable bonds is 3. The number of ether oxygens (including phenoxy) is 1. The van der Waals surface area contributed by atoms with E-state index in [2.05, 4.69) is 10.2 Å². The first-order chi connectivity index (χ1) is 12.9. The Morgan fingerprint density at radius 3 is 2.52 bits per heavy atom. The lowest BCUT2D eigenvalue weighted by Gasteiger charge is -2.26. The van der Waals surface area contributed by atoms with Gasteiger partial charge < -0.3 is 15.8 Å². The third kappa shape index (κ3) is 3.91. The highest BCUT2D eigenvalue weighted by atomic mass is 32.2. The number of nitrogens with two attached hydrogens (primary N) is 1. The molecule has 2 heterocycles. The van der Waals surface area contributed by atoms with Gasteiger partial charge in [-0.05, 0) is 17.2 Å². The molecule has 2 aliphatic heterocycles. The molecule has 2 aromatic carbocycles. The van der Waals surface area contributed by atoms with Crippen molar-refractivity contribution in [1.29, 1.82) is 0 Å². The minimum atomic E-state index is -2.86. The van der Waals surface area contributed by atoms with E-state index in [4.69, 9.17) is 10.5 Å². The summed E-state index contributed by atoms with van der Waals surface area (Å²) in [6.07, 6.45) is 0. The number of nitrogen functional groups attached to an aromatic ring is 1. The molecule has 7 nitrogen and oxygen atoms in total. The molecule has 1 fully saturated rings. The first-order valence-corrected chi connectivity index (χ1v) is 10.6. The molecule has 1 saturated heterocycles. The SMILES string of the molecule is Nc1cc2c(cc1-c1ccc(CN3CCS(=O)(=O)CC3)cc1)NC(=O)CO2. The van der Waals surface area contributed by atoms with Crippen molar-refractivity contribution < 1.29 is 17.9 Å². The standard InChI is InChI=1S/C19H21N3O4S/c20-16-10-18-17(21-19(23)12-26-18)9-15(16)14-3-1-13(2-4-14)11-22-5-7-27(24,25)8-6-22/h1-4,9-10H,5-8,11-12,20H2,(H,21,23). The van der Waals surface area contributed by atoms with E-state index >= 15 is 0 Å². The van der Waals surface area contributed by atoms with Crippen molar-refractivity contribution in [3.63, 3.8) is 0 Å². The van der Waals surface area contributed by atoms with Gasteiger partial charge in [0.2, 0.25) is 0 Å². The van der Waals surface area contributed by atoms with Crippen LogP contribution < -0.4 is 15.8 Å². The van der Waals surface area contributed by atoms with Crippen LogP contribution in [0, 0.1) is 0 Å². The van der Waals surface area contributed by atoms with Gasteiger partial charge >= 0.3 is 0 Å². The van der Waals surface area contributed by atoms with Crippen LogP contribution in [0.3, 0.4) is 0 Å². The van der Waals surface area contributed by atoms with Gasteiger partial charge in [0, 0.05) is 37.0 Å². The third-order valence-electron chi connectivity index (χ3n) is 4.89. The summed E-state index contributed by atoms with van der Waals surface area (Å²) < 4.78 is 28.4. The summed E-state index contributed by atoms with van der Waals surface area (Å²) in [6.45, 7) is 1.86. The molecule has 1 amide bonds. The van der Waals surface area contributed by atoms with Crippen molar-refractivity contribution in [1.82, 2.24) is 4.90 Å². The highest BCUT2D eigenvalue weighted by Gasteiger charge is 2.22. The van der Waals surface area contributed by atoms with E-state index in [1.807, 2.05) is 30.3 Å². The quantitative estimate of drug-likeness (QED) is 0.774. The van der Waals surface area contributed by atoms with Gasteiger partial charge in [-0.25, -0.2) is 8.42 Å². The van der Waals surface area contributed by atoms with Crippen LogP contribution in [0.1, 0.15) is 5.56 Å². The fourth-order valence-corrected chi connectivity index (χ4v) is 4.63. The van der Waals surface area contributed by atoms with E-state index in [0.717, 1.165) is 23.2 Å². The second-order valence-electron chi connectivity index (χ2n) is 6.90. The number of sulfone groups is 1. The van der Waals surface area contributed by atoms with Crippen LogP contribution in [0.15, 0.2) is 36.4 Å². The van der Waals surface area contributed by atoms with Crippen LogP contribution in [0.2, 0.25) is 0 Å². The molecule has 0 aromatic heterocycles. The van der Waals surface area contributed by atoms with Gasteiger partial charge in [-0.15, -0.1) is 0 Å². The van der Waals surface area contributed by atoms with Crippen molar-refractivity contribution in [2.75, 3.05) is 42.3 Å². The van der Waals surface area contributed by atoms with Gasteiger partial charge in [-0.3, -0.25) is 9.69 Å². The van der Waals surface area contributed by atoms with E-state index in [0.29, 0.717) is 30.2 Å². The topological polar surface area (TPSA) is 102 Å². The Hall–Kier alpha value is -2.58. The maximum Gasteiger partial charge on any atom is 0.262 e. The van der Waals surface area contributed by atoms with E-state index in [1.54, 1.807) is 6.07 Å². The minimum absolute atomic E-state index is 0.00170. The number of nitrogens with one attached hydrogen (secondary N) is 1. The molecule has 2 aliphatic rings. The van der Waals surface area contributed by atoms with Gasteiger partial charge in [0.15, 0.2) is 16.4 Å². The first-order valence-electron chi connectivity index (χ1n) is 8.78. The molecule has 0 spiro atoms. The van der Waals surface area contributed by atoms with Crippen molar-refractivity contribution in [2.45, 2.75) is 6.54 Å². The van der Waals surface area contributed by atoms with Crippen LogP contribution in [0.4, 0.5) is 11.4 Å². The molecule has 0 bridgehead atoms. The van der Waals surface area contributed by atoms with E-state index < -0.39 is 9.84 Å². The average molecular weight is 387 g/mol. The summed E-state index contributed by atoms with van der Waals surface area (Å²) in [5.74, 6) is 0.847. The highest BCUT2D eigenvalue weighted by molar-refractivity contribution is 7.91. The molecule has 142 valence electrons. The van der Waals surface area contributed by atoms with Crippen LogP contribution in [0.25, 0.3) is 11.1 Å². The van der Waals surface area contributed by atoms with Crippen LogP contribution >= 0.6 is 0 Å². The number of carbonyl (C=O) groups is 1. The van der Waals surface area contributed by atoms with Crippen molar-refractivity contribution in [3.8, 4) is 16.9 Å². The molecule has 27 heavy (non-hydrogen) atoms. The summed E-state index contributed by atoms with van der Waals surface area (Å²) in [7, 11) is -2.86. The first kappa shape index (κ1) is 17.8. The lowest BCUT2D eigenvalue weighted by atomic mass is 10.0. The second-order valence-corrected chi connectivity index (χ2v) is 9.20. The Morgan fingerprint density at radius 1 is 1.11 bits per heavy atom. The van der Waals surface area contributed by atoms with Crippen molar-refractivity contribution in [3.05, 3.63) is 42.0 Å². The van der Waals surface area contributed by atoms with Gasteiger partial charge in [0.1, 0.15) is 5.75 Å². The van der Waals surface area contributed by atoms with Gasteiger partial charge in [-0.1, -0.05) is 24.3 Å². The number of nitrogens with zero attached hydrogens (tertiary/aromatic N) is 1. The van der Waals surface area contributed by atoms with Crippen LogP contribution in [-0.2, 0) is 21.2 Å². The number of hydrogen-bond acceptors (Lipinski definition) is 6. The van der Waals surface area contributed by atoms with Crippen molar-refractivity contribution in [2.24, 2.45) is 0 Å². The molecule has 0 saturated carbocycles. The number of carbonyl (C=O) groups excluding carboxylic acids is 1. The Bertz CT molecular complexity index is 973. The predicted molar refractivity (Wildman–Crippen MR) is 104 cm³/mol. The lowest BCUT2D eigenvalue weighted by Crippen LogP contribution is -2.39. The Kier molecular flexibility index (Phi) is 4.53. The zero-order valence-electron chi connectivity index (χ0n) is 14.8. The number of benzene rings is 2. The number of hydrogen-bond donors (Lipinski definition) is 2. The zero-order valence-corrected chi connectivity index (χ0v) is 15.6. The van der Waals surface area contributed by atoms with Gasteiger partial charge in [0.25, 0.3) is 5.91 Å². The average Bonchev–Trinajstić information content (AvgIpc) is 2.64. The van der Waals surface area contributed by atoms with Crippen LogP contribution in [0.5, 0.6) is 5.75 Å². The highest BCUT2D eigenvalue weighted by Crippen LogP contribution is 2.37. The maximum absolute atomic E-state index is 11.5. The molecule has 4 rings (SSSR count). The van der Waals surface area contributed by atoms with Gasteiger partial charge in [-0.2, -0.15) is 0 Å². The summed E-state index contributed by atoms with van der Waals surface area (Å²) in [4.78, 5) is 13.7. The summed E-state index contributed by atoms with van der Waals surface area (Å²) in [5.41, 5.74) is 10.3. The molecule has 0 aliphatic carbocycles. The third-order valence-corrected chi connectivity index (χ3v) is 6.50. The summed E-state index contributed by atoms with van der Waals surface area (Å²) >= 11 is 0. The van der Waals surface area contributed by atoms with Crippen molar-refractivity contribution >= 4 is 27.1 Å². The predicted octanol–water partition coefficient (Wildman–Crippen LogP) is 1.50. The molecule has 3 N–H and O–H groups in total. The van der Waals surface area contributed by atoms with E-state index in [9.17, 15) is 13.2 Å². The molecule has 8 heteroatoms. The monoisotopic (exact) mass is 387 g/mol. The van der Waals surface area contributed by atoms with Gasteiger partial charge in [0.05, 0.1) is 17.2 Å². The fraction of sp³-hybridized carbons (Fsp3) is 0.316. The maximum atomic E-state index is 11.5. The second kappa shape index (κ2) is 6.86. The largest absolute Gasteiger partial charge is 0.482 e. The molecule has 0 unspecified atom stereocenters. The molecular weight excluding hydrogens is 366 g/mol.